The Morgan fingerprint density at radius 3 is 1.74 bits per heavy atom. The summed E-state index contributed by atoms with van der Waals surface area (Å²) in [4.78, 5) is 0. The van der Waals surface area contributed by atoms with Crippen LogP contribution in [-0.4, -0.2) is 59.1 Å². The first-order valence-corrected chi connectivity index (χ1v) is 13.1. The molecule has 6 nitrogen and oxygen atoms in total. The van der Waals surface area contributed by atoms with Gasteiger partial charge in [-0.3, -0.25) is 0 Å². The summed E-state index contributed by atoms with van der Waals surface area (Å²) in [5.74, 6) is 1.32. The maximum absolute atomic E-state index is 9.62. The van der Waals surface area contributed by atoms with Crippen molar-refractivity contribution in [2.75, 3.05) is 26.4 Å². The van der Waals surface area contributed by atoms with E-state index in [1.807, 2.05) is 42.5 Å². The number of aryl methyl sites for hydroxylation is 1. The Hall–Kier alpha value is -2.12. The highest BCUT2D eigenvalue weighted by molar-refractivity contribution is 5.69. The molecule has 0 fully saturated rings. The Labute approximate surface area is 210 Å². The van der Waals surface area contributed by atoms with Gasteiger partial charge in [-0.1, -0.05) is 76.5 Å². The molecule has 35 heavy (non-hydrogen) atoms. The number of hydrogen-bond acceptors (Lipinski definition) is 6. The first-order valence-electron chi connectivity index (χ1n) is 13.1. The van der Waals surface area contributed by atoms with Gasteiger partial charge in [-0.05, 0) is 53.8 Å². The van der Waals surface area contributed by atoms with Crippen LogP contribution in [0.3, 0.4) is 0 Å². The van der Waals surface area contributed by atoms with E-state index < -0.39 is 12.2 Å². The summed E-state index contributed by atoms with van der Waals surface area (Å²) >= 11 is 0. The molecule has 0 saturated heterocycles. The van der Waals surface area contributed by atoms with Gasteiger partial charge in [-0.25, -0.2) is 0 Å². The Kier molecular flexibility index (Phi) is 14.4. The van der Waals surface area contributed by atoms with Crippen LogP contribution in [-0.2, 0) is 6.42 Å². The second-order valence-corrected chi connectivity index (χ2v) is 9.22. The first-order chi connectivity index (χ1) is 17.1. The number of ether oxygens (including phenoxy) is 2. The highest BCUT2D eigenvalue weighted by Gasteiger charge is 2.10. The van der Waals surface area contributed by atoms with Gasteiger partial charge in [0, 0.05) is 0 Å². The molecule has 0 saturated carbocycles. The number of aliphatic hydroxyl groups is 4. The summed E-state index contributed by atoms with van der Waals surface area (Å²) in [5, 5.41) is 37.1. The molecule has 0 aromatic heterocycles. The summed E-state index contributed by atoms with van der Waals surface area (Å²) in [6.07, 6.45) is 10.6. The standard InChI is InChI=1S/C29H44O6/c1-2-3-4-5-6-7-8-9-10-11-24-18-28(35-22-26(33)20-31)16-17-29(24)23-12-14-27(15-13-23)34-21-25(32)19-30/h12-18,25-26,30-33H,2-11,19-22H2,1H3. The average Bonchev–Trinajstić information content (AvgIpc) is 2.89. The Balaban J connectivity index is 2.00. The van der Waals surface area contributed by atoms with Crippen molar-refractivity contribution < 1.29 is 29.9 Å². The van der Waals surface area contributed by atoms with Gasteiger partial charge in [0.2, 0.25) is 0 Å². The van der Waals surface area contributed by atoms with Crippen LogP contribution in [0.5, 0.6) is 11.5 Å². The van der Waals surface area contributed by atoms with Gasteiger partial charge in [0.25, 0.3) is 0 Å². The fourth-order valence-corrected chi connectivity index (χ4v) is 4.00. The third kappa shape index (κ3) is 11.4. The van der Waals surface area contributed by atoms with Crippen LogP contribution in [0, 0.1) is 0 Å². The van der Waals surface area contributed by atoms with E-state index in [0.29, 0.717) is 11.5 Å². The average molecular weight is 489 g/mol. The molecule has 2 aromatic rings. The molecule has 0 spiro atoms. The van der Waals surface area contributed by atoms with Crippen molar-refractivity contribution in [2.45, 2.75) is 83.3 Å². The molecular weight excluding hydrogens is 444 g/mol. The van der Waals surface area contributed by atoms with Crippen LogP contribution >= 0.6 is 0 Å². The fourth-order valence-electron chi connectivity index (χ4n) is 4.00. The van der Waals surface area contributed by atoms with Crippen LogP contribution in [0.15, 0.2) is 42.5 Å². The van der Waals surface area contributed by atoms with E-state index in [9.17, 15) is 10.2 Å². The van der Waals surface area contributed by atoms with Gasteiger partial charge in [-0.2, -0.15) is 0 Å². The van der Waals surface area contributed by atoms with E-state index in [0.717, 1.165) is 24.0 Å². The largest absolute Gasteiger partial charge is 0.491 e. The van der Waals surface area contributed by atoms with Crippen molar-refractivity contribution in [3.63, 3.8) is 0 Å². The van der Waals surface area contributed by atoms with Gasteiger partial charge in [-0.15, -0.1) is 0 Å². The molecule has 6 heteroatoms. The van der Waals surface area contributed by atoms with Gasteiger partial charge >= 0.3 is 0 Å². The molecule has 2 unspecified atom stereocenters. The van der Waals surface area contributed by atoms with Crippen molar-refractivity contribution in [3.8, 4) is 22.6 Å². The molecule has 4 N–H and O–H groups in total. The second-order valence-electron chi connectivity index (χ2n) is 9.22. The minimum Gasteiger partial charge on any atom is -0.491 e. The quantitative estimate of drug-likeness (QED) is 0.210. The zero-order valence-electron chi connectivity index (χ0n) is 21.2. The minimum atomic E-state index is -0.896. The van der Waals surface area contributed by atoms with Gasteiger partial charge < -0.3 is 29.9 Å². The van der Waals surface area contributed by atoms with E-state index in [-0.39, 0.29) is 26.4 Å². The highest BCUT2D eigenvalue weighted by atomic mass is 16.5. The van der Waals surface area contributed by atoms with Crippen LogP contribution in [0.25, 0.3) is 11.1 Å². The summed E-state index contributed by atoms with van der Waals surface area (Å²) in [5.41, 5.74) is 3.38. The lowest BCUT2D eigenvalue weighted by Crippen LogP contribution is -2.21. The van der Waals surface area contributed by atoms with E-state index >= 15 is 0 Å². The Bertz CT molecular complexity index is 807. The summed E-state index contributed by atoms with van der Waals surface area (Å²) in [7, 11) is 0. The zero-order chi connectivity index (χ0) is 25.3. The summed E-state index contributed by atoms with van der Waals surface area (Å²) < 4.78 is 11.2. The van der Waals surface area contributed by atoms with E-state index in [4.69, 9.17) is 19.7 Å². The second kappa shape index (κ2) is 17.3. The lowest BCUT2D eigenvalue weighted by molar-refractivity contribution is 0.0536. The smallest absolute Gasteiger partial charge is 0.119 e. The van der Waals surface area contributed by atoms with Crippen LogP contribution in [0.4, 0.5) is 0 Å². The lowest BCUT2D eigenvalue weighted by atomic mass is 9.95. The van der Waals surface area contributed by atoms with Gasteiger partial charge in [0.05, 0.1) is 13.2 Å². The molecule has 2 atom stereocenters. The molecule has 0 aliphatic rings. The zero-order valence-corrected chi connectivity index (χ0v) is 21.2. The molecule has 2 rings (SSSR count). The number of aliphatic hydroxyl groups excluding tert-OH is 4. The van der Waals surface area contributed by atoms with E-state index in [2.05, 4.69) is 6.92 Å². The summed E-state index contributed by atoms with van der Waals surface area (Å²) in [6, 6.07) is 13.7. The minimum absolute atomic E-state index is 0.0471. The predicted molar refractivity (Wildman–Crippen MR) is 140 cm³/mol. The molecule has 0 amide bonds. The Morgan fingerprint density at radius 2 is 1.17 bits per heavy atom. The van der Waals surface area contributed by atoms with Crippen molar-refractivity contribution >= 4 is 0 Å². The molecule has 0 aliphatic carbocycles. The number of rotatable bonds is 19. The third-order valence-electron chi connectivity index (χ3n) is 6.10. The molecule has 0 bridgehead atoms. The van der Waals surface area contributed by atoms with Crippen LogP contribution < -0.4 is 9.47 Å². The van der Waals surface area contributed by atoms with Crippen molar-refractivity contribution in [3.05, 3.63) is 48.0 Å². The fraction of sp³-hybridized carbons (Fsp3) is 0.586. The first kappa shape index (κ1) is 29.1. The maximum atomic E-state index is 9.62. The van der Waals surface area contributed by atoms with Crippen LogP contribution in [0.1, 0.15) is 70.3 Å². The number of unbranched alkanes of at least 4 members (excludes halogenated alkanes) is 8. The van der Waals surface area contributed by atoms with Gasteiger partial charge in [0.15, 0.2) is 0 Å². The SMILES string of the molecule is CCCCCCCCCCCc1cc(OCC(O)CO)ccc1-c1ccc(OCC(O)CO)cc1. The van der Waals surface area contributed by atoms with Crippen molar-refractivity contribution in [1.82, 2.24) is 0 Å². The molecule has 2 aromatic carbocycles. The van der Waals surface area contributed by atoms with Crippen molar-refractivity contribution in [2.24, 2.45) is 0 Å². The number of hydrogen-bond donors (Lipinski definition) is 4. The molecular formula is C29H44O6. The third-order valence-corrected chi connectivity index (χ3v) is 6.10. The normalized spacial score (nSPS) is 12.9. The van der Waals surface area contributed by atoms with Crippen molar-refractivity contribution in [1.29, 1.82) is 0 Å². The van der Waals surface area contributed by atoms with E-state index in [1.54, 1.807) is 0 Å². The summed E-state index contributed by atoms with van der Waals surface area (Å²) in [6.45, 7) is 1.69. The lowest BCUT2D eigenvalue weighted by Gasteiger charge is -2.15. The number of benzene rings is 2. The van der Waals surface area contributed by atoms with Gasteiger partial charge in [0.1, 0.15) is 36.9 Å². The topological polar surface area (TPSA) is 99.4 Å². The van der Waals surface area contributed by atoms with E-state index in [1.165, 1.54) is 56.9 Å². The maximum Gasteiger partial charge on any atom is 0.119 e. The molecule has 0 radical (unpaired) electrons. The monoisotopic (exact) mass is 488 g/mol. The molecule has 196 valence electrons. The highest BCUT2D eigenvalue weighted by Crippen LogP contribution is 2.30. The molecule has 0 heterocycles. The van der Waals surface area contributed by atoms with Crippen LogP contribution in [0.2, 0.25) is 0 Å². The Morgan fingerprint density at radius 1 is 0.657 bits per heavy atom. The predicted octanol–water partition coefficient (Wildman–Crippen LogP) is 4.89. The molecule has 0 aliphatic heterocycles.